The Kier molecular flexibility index (Phi) is 6.87. The zero-order chi connectivity index (χ0) is 26.3. The van der Waals surface area contributed by atoms with E-state index in [9.17, 15) is 4.79 Å². The number of carbonyl (C=O) groups is 1. The number of nitrogens with two attached hydrogens (primary N) is 1. The molecule has 1 saturated heterocycles. The van der Waals surface area contributed by atoms with Crippen molar-refractivity contribution in [2.75, 3.05) is 27.4 Å². The van der Waals surface area contributed by atoms with Gasteiger partial charge >= 0.3 is 0 Å². The molecule has 10 nitrogen and oxygen atoms in total. The van der Waals surface area contributed by atoms with Gasteiger partial charge in [0.1, 0.15) is 11.2 Å². The Bertz CT molecular complexity index is 1440. The van der Waals surface area contributed by atoms with Gasteiger partial charge in [0, 0.05) is 56.5 Å². The number of likely N-dealkylation sites (tertiary alicyclic amines) is 1. The van der Waals surface area contributed by atoms with Gasteiger partial charge in [-0.2, -0.15) is 4.98 Å². The van der Waals surface area contributed by atoms with Crippen LogP contribution < -0.4 is 10.5 Å². The number of aryl methyl sites for hydroxylation is 1. The van der Waals surface area contributed by atoms with Gasteiger partial charge < -0.3 is 29.2 Å². The largest absolute Gasteiger partial charge is 0.481 e. The molecule has 5 heterocycles. The van der Waals surface area contributed by atoms with E-state index in [-0.39, 0.29) is 18.0 Å². The second-order valence-electron chi connectivity index (χ2n) is 9.63. The van der Waals surface area contributed by atoms with Crippen LogP contribution in [0.4, 0.5) is 0 Å². The Labute approximate surface area is 216 Å². The zero-order valence-electron chi connectivity index (χ0n) is 22.1. The van der Waals surface area contributed by atoms with Gasteiger partial charge in [-0.05, 0) is 38.0 Å². The average molecular weight is 506 g/mol. The predicted octanol–water partition coefficient (Wildman–Crippen LogP) is 3.32. The number of amides is 1. The van der Waals surface area contributed by atoms with Crippen molar-refractivity contribution in [2.45, 2.75) is 52.4 Å². The van der Waals surface area contributed by atoms with Gasteiger partial charge in [0.05, 0.1) is 25.0 Å². The lowest BCUT2D eigenvalue weighted by Crippen LogP contribution is -2.41. The van der Waals surface area contributed by atoms with Gasteiger partial charge in [-0.1, -0.05) is 13.3 Å². The Morgan fingerprint density at radius 1 is 1.14 bits per heavy atom. The third kappa shape index (κ3) is 4.23. The van der Waals surface area contributed by atoms with Crippen molar-refractivity contribution >= 4 is 28.1 Å². The predicted molar refractivity (Wildman–Crippen MR) is 143 cm³/mol. The Morgan fingerprint density at radius 2 is 1.95 bits per heavy atom. The van der Waals surface area contributed by atoms with Crippen LogP contribution in [0, 0.1) is 5.92 Å². The summed E-state index contributed by atoms with van der Waals surface area (Å²) >= 11 is 0. The molecule has 0 bridgehead atoms. The molecular weight excluding hydrogens is 470 g/mol. The lowest BCUT2D eigenvalue weighted by atomic mass is 9.98. The quantitative estimate of drug-likeness (QED) is 0.391. The summed E-state index contributed by atoms with van der Waals surface area (Å²) in [4.78, 5) is 29.7. The highest BCUT2D eigenvalue weighted by atomic mass is 16.5. The molecule has 37 heavy (non-hydrogen) atoms. The molecule has 5 rings (SSSR count). The molecule has 3 atom stereocenters. The second kappa shape index (κ2) is 10.1. The van der Waals surface area contributed by atoms with Crippen molar-refractivity contribution in [3.8, 4) is 17.4 Å². The topological polar surface area (TPSA) is 113 Å². The first-order valence-electron chi connectivity index (χ1n) is 12.9. The fourth-order valence-electron chi connectivity index (χ4n) is 5.42. The molecule has 2 N–H and O–H groups in total. The van der Waals surface area contributed by atoms with E-state index in [4.69, 9.17) is 25.2 Å². The van der Waals surface area contributed by atoms with E-state index < -0.39 is 0 Å². The average Bonchev–Trinajstić information content (AvgIpc) is 3.56. The molecular formula is C27H35N7O3. The third-order valence-corrected chi connectivity index (χ3v) is 7.63. The van der Waals surface area contributed by atoms with E-state index in [1.54, 1.807) is 20.4 Å². The van der Waals surface area contributed by atoms with Crippen LogP contribution in [0.25, 0.3) is 33.7 Å². The number of carbonyl (C=O) groups excluding carboxylic acids is 1. The van der Waals surface area contributed by atoms with Crippen LogP contribution in [0.5, 0.6) is 5.88 Å². The molecule has 0 aliphatic carbocycles. The van der Waals surface area contributed by atoms with Crippen molar-refractivity contribution in [3.63, 3.8) is 0 Å². The van der Waals surface area contributed by atoms with Crippen molar-refractivity contribution in [2.24, 2.45) is 11.7 Å². The van der Waals surface area contributed by atoms with Gasteiger partial charge in [-0.3, -0.25) is 4.79 Å². The summed E-state index contributed by atoms with van der Waals surface area (Å²) in [5, 5.41) is 0.997. The number of pyridine rings is 2. The first-order valence-corrected chi connectivity index (χ1v) is 12.9. The highest BCUT2D eigenvalue weighted by Gasteiger charge is 2.38. The number of hydrogen-bond acceptors (Lipinski definition) is 7. The van der Waals surface area contributed by atoms with Gasteiger partial charge in [0.2, 0.25) is 5.88 Å². The molecule has 0 aromatic carbocycles. The summed E-state index contributed by atoms with van der Waals surface area (Å²) < 4.78 is 14.9. The lowest BCUT2D eigenvalue weighted by molar-refractivity contribution is 0.0739. The molecule has 10 heteroatoms. The van der Waals surface area contributed by atoms with Crippen molar-refractivity contribution in [1.82, 2.24) is 29.0 Å². The normalized spacial score (nSPS) is 19.8. The molecule has 0 unspecified atom stereocenters. The number of methoxy groups -OCH3 is 2. The summed E-state index contributed by atoms with van der Waals surface area (Å²) in [5.74, 6) is 1.57. The number of imidazole rings is 1. The smallest absolute Gasteiger partial charge is 0.255 e. The van der Waals surface area contributed by atoms with Crippen LogP contribution in [0.15, 0.2) is 30.5 Å². The molecule has 4 aromatic heterocycles. The first-order chi connectivity index (χ1) is 17.9. The van der Waals surface area contributed by atoms with E-state index in [2.05, 4.69) is 29.5 Å². The lowest BCUT2D eigenvalue weighted by Gasteiger charge is -2.23. The Hall–Kier alpha value is -3.50. The van der Waals surface area contributed by atoms with E-state index in [0.717, 1.165) is 29.0 Å². The monoisotopic (exact) mass is 505 g/mol. The Morgan fingerprint density at radius 3 is 2.62 bits per heavy atom. The number of fused-ring (bicyclic) bond motifs is 2. The highest BCUT2D eigenvalue weighted by Crippen LogP contribution is 2.31. The minimum absolute atomic E-state index is 0.0197. The summed E-state index contributed by atoms with van der Waals surface area (Å²) in [6.45, 7) is 8.66. The molecule has 4 aromatic rings. The Balaban J connectivity index is 1.60. The van der Waals surface area contributed by atoms with Crippen LogP contribution in [-0.4, -0.2) is 74.3 Å². The van der Waals surface area contributed by atoms with E-state index in [1.165, 1.54) is 0 Å². The van der Waals surface area contributed by atoms with Gasteiger partial charge in [0.25, 0.3) is 5.91 Å². The first kappa shape index (κ1) is 25.2. The summed E-state index contributed by atoms with van der Waals surface area (Å²) in [6, 6.07) is 7.74. The summed E-state index contributed by atoms with van der Waals surface area (Å²) in [7, 11) is 3.29. The molecule has 1 amide bonds. The van der Waals surface area contributed by atoms with Crippen LogP contribution in [0.3, 0.4) is 0 Å². The maximum absolute atomic E-state index is 13.5. The zero-order valence-corrected chi connectivity index (χ0v) is 22.1. The minimum Gasteiger partial charge on any atom is -0.481 e. The molecule has 1 fully saturated rings. The maximum atomic E-state index is 13.5. The fraction of sp³-hybridized carbons (Fsp3) is 0.481. The number of rotatable bonds is 8. The number of ether oxygens (including phenoxy) is 2. The summed E-state index contributed by atoms with van der Waals surface area (Å²) in [5.41, 5.74) is 10.0. The maximum Gasteiger partial charge on any atom is 0.255 e. The van der Waals surface area contributed by atoms with E-state index in [0.29, 0.717) is 54.8 Å². The third-order valence-electron chi connectivity index (χ3n) is 7.63. The van der Waals surface area contributed by atoms with Gasteiger partial charge in [-0.15, -0.1) is 0 Å². The molecule has 1 aliphatic rings. The van der Waals surface area contributed by atoms with E-state index >= 15 is 0 Å². The highest BCUT2D eigenvalue weighted by molar-refractivity contribution is 5.97. The van der Waals surface area contributed by atoms with Gasteiger partial charge in [0.15, 0.2) is 11.5 Å². The minimum atomic E-state index is -0.0553. The van der Waals surface area contributed by atoms with Gasteiger partial charge in [-0.25, -0.2) is 9.97 Å². The van der Waals surface area contributed by atoms with Crippen LogP contribution in [0.1, 0.15) is 37.6 Å². The molecule has 1 aliphatic heterocycles. The van der Waals surface area contributed by atoms with Crippen molar-refractivity contribution in [3.05, 3.63) is 36.0 Å². The van der Waals surface area contributed by atoms with E-state index in [1.807, 2.05) is 34.6 Å². The van der Waals surface area contributed by atoms with Crippen LogP contribution in [0.2, 0.25) is 0 Å². The van der Waals surface area contributed by atoms with Crippen molar-refractivity contribution < 1.29 is 14.3 Å². The molecule has 0 saturated carbocycles. The fourth-order valence-corrected chi connectivity index (χ4v) is 5.42. The molecule has 0 spiro atoms. The SMILES string of the molecule is CC[C@@H]1CN(C(=O)c2cnc3c(c2)nc(-c2cc4ccc(OC)nc4n2CC)n3CCOC)[C@H](C)[C@@H]1N. The van der Waals surface area contributed by atoms with Crippen LogP contribution >= 0.6 is 0 Å². The standard InChI is InChI=1S/C27H35N7O3/c1-6-17-15-34(16(3)23(17)28)27(35)19-12-20-25(29-14-19)33(10-11-36-4)26(30-20)21-13-18-8-9-22(37-5)31-24(18)32(21)7-2/h8-9,12-14,16-17,23H,6-7,10-11,15,28H2,1-5H3/t16-,17-,23+/m1/s1. The molecule has 196 valence electrons. The second-order valence-corrected chi connectivity index (χ2v) is 9.63. The van der Waals surface area contributed by atoms with Crippen LogP contribution in [-0.2, 0) is 17.8 Å². The number of aromatic nitrogens is 5. The van der Waals surface area contributed by atoms with Crippen molar-refractivity contribution in [1.29, 1.82) is 0 Å². The number of hydrogen-bond donors (Lipinski definition) is 1. The number of nitrogens with zero attached hydrogens (tertiary/aromatic N) is 6. The molecule has 0 radical (unpaired) electrons. The summed E-state index contributed by atoms with van der Waals surface area (Å²) in [6.07, 6.45) is 2.60.